The number of hydrogen-bond donors (Lipinski definition) is 0. The molecule has 82 valence electrons. The van der Waals surface area contributed by atoms with Crippen LogP contribution in [0.2, 0.25) is 0 Å². The quantitative estimate of drug-likeness (QED) is 0.708. The maximum atomic E-state index is 4.40. The molecule has 0 amide bonds. The summed E-state index contributed by atoms with van der Waals surface area (Å²) in [5.74, 6) is 0. The number of hydrogen-bond acceptors (Lipinski definition) is 4. The average Bonchev–Trinajstić information content (AvgIpc) is 2.77. The third-order valence-corrected chi connectivity index (χ3v) is 3.40. The van der Waals surface area contributed by atoms with Gasteiger partial charge in [0.2, 0.25) is 4.96 Å². The maximum Gasteiger partial charge on any atom is 0.234 e. The zero-order chi connectivity index (χ0) is 10.5. The summed E-state index contributed by atoms with van der Waals surface area (Å²) in [6.45, 7) is 2.24. The van der Waals surface area contributed by atoms with Gasteiger partial charge in [0.25, 0.3) is 0 Å². The van der Waals surface area contributed by atoms with Crippen molar-refractivity contribution in [2.75, 3.05) is 0 Å². The molecular weight excluding hydrogens is 208 g/mol. The van der Waals surface area contributed by atoms with Gasteiger partial charge in [0, 0.05) is 6.42 Å². The van der Waals surface area contributed by atoms with Gasteiger partial charge in [-0.3, -0.25) is 0 Å². The van der Waals surface area contributed by atoms with Crippen LogP contribution in [0.25, 0.3) is 4.96 Å². The molecule has 4 nitrogen and oxygen atoms in total. The number of nitrogens with zero attached hydrogens (tertiary/aromatic N) is 4. The zero-order valence-corrected chi connectivity index (χ0v) is 9.83. The molecular formula is C10H16N4S. The molecule has 0 unspecified atom stereocenters. The first-order valence-electron chi connectivity index (χ1n) is 5.56. The maximum absolute atomic E-state index is 4.40. The van der Waals surface area contributed by atoms with Crippen LogP contribution in [-0.4, -0.2) is 19.8 Å². The molecule has 5 heteroatoms. The number of rotatable bonds is 6. The van der Waals surface area contributed by atoms with E-state index in [1.54, 1.807) is 22.2 Å². The number of fused-ring (bicyclic) bond motifs is 1. The molecule has 0 saturated carbocycles. The van der Waals surface area contributed by atoms with Crippen molar-refractivity contribution in [3.63, 3.8) is 0 Å². The van der Waals surface area contributed by atoms with Gasteiger partial charge in [-0.15, -0.1) is 10.2 Å². The lowest BCUT2D eigenvalue weighted by Gasteiger charge is -1.96. The van der Waals surface area contributed by atoms with Gasteiger partial charge in [0.1, 0.15) is 11.3 Å². The lowest BCUT2D eigenvalue weighted by molar-refractivity contribution is 0.628. The van der Waals surface area contributed by atoms with E-state index in [1.807, 2.05) is 0 Å². The second-order valence-corrected chi connectivity index (χ2v) is 4.76. The van der Waals surface area contributed by atoms with Crippen LogP contribution >= 0.6 is 11.3 Å². The third-order valence-electron chi connectivity index (χ3n) is 2.42. The minimum atomic E-state index is 0.901. The molecule has 0 radical (unpaired) electrons. The fourth-order valence-corrected chi connectivity index (χ4v) is 2.44. The summed E-state index contributed by atoms with van der Waals surface area (Å²) in [6, 6.07) is 0. The fraction of sp³-hybridized carbons (Fsp3) is 0.700. The van der Waals surface area contributed by atoms with Crippen molar-refractivity contribution in [1.82, 2.24) is 19.8 Å². The molecule has 0 aliphatic carbocycles. The predicted octanol–water partition coefficient (Wildman–Crippen LogP) is 2.70. The van der Waals surface area contributed by atoms with Crippen LogP contribution in [0.15, 0.2) is 6.33 Å². The summed E-state index contributed by atoms with van der Waals surface area (Å²) < 4.78 is 1.76. The molecule has 0 spiro atoms. The van der Waals surface area contributed by atoms with Crippen molar-refractivity contribution >= 4 is 16.3 Å². The van der Waals surface area contributed by atoms with Crippen LogP contribution in [0.3, 0.4) is 0 Å². The van der Waals surface area contributed by atoms with Crippen molar-refractivity contribution < 1.29 is 0 Å². The topological polar surface area (TPSA) is 43.1 Å². The normalized spacial score (nSPS) is 11.3. The Hall–Kier alpha value is -0.970. The first-order valence-corrected chi connectivity index (χ1v) is 6.37. The molecule has 0 aliphatic heterocycles. The van der Waals surface area contributed by atoms with Gasteiger partial charge in [0.05, 0.1) is 0 Å². The standard InChI is InChI=1S/C10H16N4S/c1-2-3-4-5-6-7-9-13-14-8-11-12-10(14)15-9/h8H,2-7H2,1H3. The average molecular weight is 224 g/mol. The Morgan fingerprint density at radius 2 is 2.13 bits per heavy atom. The van der Waals surface area contributed by atoms with E-state index in [9.17, 15) is 0 Å². The SMILES string of the molecule is CCCCCCCc1nn2cnnc2s1. The van der Waals surface area contributed by atoms with E-state index < -0.39 is 0 Å². The largest absolute Gasteiger partial charge is 0.234 e. The van der Waals surface area contributed by atoms with Crippen LogP contribution < -0.4 is 0 Å². The van der Waals surface area contributed by atoms with Crippen molar-refractivity contribution in [2.45, 2.75) is 45.4 Å². The molecule has 0 aromatic carbocycles. The summed E-state index contributed by atoms with van der Waals surface area (Å²) in [5.41, 5.74) is 0. The molecule has 15 heavy (non-hydrogen) atoms. The number of unbranched alkanes of at least 4 members (excludes halogenated alkanes) is 4. The van der Waals surface area contributed by atoms with E-state index in [-0.39, 0.29) is 0 Å². The van der Waals surface area contributed by atoms with Gasteiger partial charge in [-0.1, -0.05) is 43.9 Å². The van der Waals surface area contributed by atoms with E-state index in [4.69, 9.17) is 0 Å². The van der Waals surface area contributed by atoms with E-state index >= 15 is 0 Å². The van der Waals surface area contributed by atoms with Crippen molar-refractivity contribution in [3.05, 3.63) is 11.3 Å². The lowest BCUT2D eigenvalue weighted by Crippen LogP contribution is -1.87. The monoisotopic (exact) mass is 224 g/mol. The van der Waals surface area contributed by atoms with Gasteiger partial charge < -0.3 is 0 Å². The first kappa shape index (κ1) is 10.5. The Kier molecular flexibility index (Phi) is 3.66. The molecule has 0 saturated heterocycles. The molecule has 2 heterocycles. The summed E-state index contributed by atoms with van der Waals surface area (Å²) in [5, 5.41) is 13.3. The molecule has 0 atom stereocenters. The highest BCUT2D eigenvalue weighted by Crippen LogP contribution is 2.15. The van der Waals surface area contributed by atoms with E-state index in [0.29, 0.717) is 0 Å². The summed E-state index contributed by atoms with van der Waals surface area (Å²) in [6.07, 6.45) is 9.30. The molecule has 0 aliphatic rings. The fourth-order valence-electron chi connectivity index (χ4n) is 1.58. The van der Waals surface area contributed by atoms with E-state index in [2.05, 4.69) is 22.2 Å². The molecule has 0 bridgehead atoms. The Balaban J connectivity index is 1.77. The van der Waals surface area contributed by atoms with Crippen LogP contribution in [0.4, 0.5) is 0 Å². The lowest BCUT2D eigenvalue weighted by atomic mass is 10.1. The van der Waals surface area contributed by atoms with E-state index in [1.165, 1.54) is 37.1 Å². The smallest absolute Gasteiger partial charge is 0.190 e. The van der Waals surface area contributed by atoms with Gasteiger partial charge >= 0.3 is 0 Å². The van der Waals surface area contributed by atoms with Gasteiger partial charge in [-0.25, -0.2) is 0 Å². The zero-order valence-electron chi connectivity index (χ0n) is 9.02. The highest BCUT2D eigenvalue weighted by atomic mass is 32.1. The minimum Gasteiger partial charge on any atom is -0.190 e. The van der Waals surface area contributed by atoms with Crippen LogP contribution in [0.1, 0.15) is 44.0 Å². The minimum absolute atomic E-state index is 0.901. The summed E-state index contributed by atoms with van der Waals surface area (Å²) >= 11 is 1.65. The van der Waals surface area contributed by atoms with Crippen molar-refractivity contribution in [3.8, 4) is 0 Å². The highest BCUT2D eigenvalue weighted by Gasteiger charge is 2.04. The first-order chi connectivity index (χ1) is 7.40. The van der Waals surface area contributed by atoms with Crippen LogP contribution in [-0.2, 0) is 6.42 Å². The summed E-state index contributed by atoms with van der Waals surface area (Å²) in [7, 11) is 0. The second kappa shape index (κ2) is 5.21. The molecule has 0 N–H and O–H groups in total. The van der Waals surface area contributed by atoms with Gasteiger partial charge in [0.15, 0.2) is 0 Å². The van der Waals surface area contributed by atoms with Crippen molar-refractivity contribution in [1.29, 1.82) is 0 Å². The summed E-state index contributed by atoms with van der Waals surface area (Å²) in [4.78, 5) is 0.901. The van der Waals surface area contributed by atoms with Gasteiger partial charge in [-0.2, -0.15) is 9.61 Å². The van der Waals surface area contributed by atoms with Gasteiger partial charge in [-0.05, 0) is 6.42 Å². The predicted molar refractivity (Wildman–Crippen MR) is 61.1 cm³/mol. The Bertz CT molecular complexity index is 378. The van der Waals surface area contributed by atoms with Crippen LogP contribution in [0.5, 0.6) is 0 Å². The third kappa shape index (κ3) is 2.75. The Morgan fingerprint density at radius 1 is 1.27 bits per heavy atom. The molecule has 2 rings (SSSR count). The van der Waals surface area contributed by atoms with E-state index in [0.717, 1.165) is 11.4 Å². The number of aryl methyl sites for hydroxylation is 1. The second-order valence-electron chi connectivity index (χ2n) is 3.72. The molecule has 2 aromatic heterocycles. The van der Waals surface area contributed by atoms with Crippen molar-refractivity contribution in [2.24, 2.45) is 0 Å². The Labute approximate surface area is 93.3 Å². The van der Waals surface area contributed by atoms with Crippen LogP contribution in [0, 0.1) is 0 Å². The Morgan fingerprint density at radius 3 is 2.93 bits per heavy atom. The molecule has 0 fully saturated rings. The number of aromatic nitrogens is 4. The molecule has 2 aromatic rings. The highest BCUT2D eigenvalue weighted by molar-refractivity contribution is 7.16.